The van der Waals surface area contributed by atoms with Gasteiger partial charge in [0.1, 0.15) is 5.60 Å². The fraction of sp³-hybridized carbons (Fsp3) is 0.379. The van der Waals surface area contributed by atoms with Crippen molar-refractivity contribution in [1.82, 2.24) is 9.88 Å². The Bertz CT molecular complexity index is 1240. The van der Waals surface area contributed by atoms with E-state index in [9.17, 15) is 4.79 Å². The van der Waals surface area contributed by atoms with E-state index in [1.54, 1.807) is 6.20 Å². The maximum Gasteiger partial charge on any atom is 0.410 e. The number of pyridine rings is 1. The van der Waals surface area contributed by atoms with Crippen molar-refractivity contribution in [3.8, 4) is 22.6 Å². The van der Waals surface area contributed by atoms with Crippen molar-refractivity contribution in [1.29, 1.82) is 0 Å². The van der Waals surface area contributed by atoms with E-state index in [0.717, 1.165) is 59.7 Å². The van der Waals surface area contributed by atoms with Crippen molar-refractivity contribution in [3.05, 3.63) is 67.0 Å². The molecule has 2 atom stereocenters. The second-order valence-electron chi connectivity index (χ2n) is 10.8. The van der Waals surface area contributed by atoms with Gasteiger partial charge in [-0.25, -0.2) is 4.79 Å². The fourth-order valence-electron chi connectivity index (χ4n) is 5.86. The van der Waals surface area contributed by atoms with E-state index < -0.39 is 5.60 Å². The van der Waals surface area contributed by atoms with Crippen molar-refractivity contribution in [3.63, 3.8) is 0 Å². The quantitative estimate of drug-likeness (QED) is 0.408. The average molecular weight is 470 g/mol. The van der Waals surface area contributed by atoms with Crippen molar-refractivity contribution >= 4 is 17.5 Å². The maximum atomic E-state index is 13.0. The second kappa shape index (κ2) is 8.29. The van der Waals surface area contributed by atoms with Crippen LogP contribution in [0.2, 0.25) is 0 Å². The number of carbonyl (C=O) groups is 1. The Morgan fingerprint density at radius 3 is 2.37 bits per heavy atom. The molecule has 6 nitrogen and oxygen atoms in total. The highest BCUT2D eigenvalue weighted by molar-refractivity contribution is 5.81. The largest absolute Gasteiger partial charge is 0.453 e. The summed E-state index contributed by atoms with van der Waals surface area (Å²) in [6, 6.07) is 19.3. The van der Waals surface area contributed by atoms with E-state index in [4.69, 9.17) is 9.47 Å². The molecular formula is C29H31N3O3. The number of ether oxygens (including phenoxy) is 2. The van der Waals surface area contributed by atoms with Crippen LogP contribution < -0.4 is 9.64 Å². The highest BCUT2D eigenvalue weighted by Crippen LogP contribution is 2.51. The lowest BCUT2D eigenvalue weighted by Gasteiger charge is -2.45. The number of amides is 1. The zero-order valence-corrected chi connectivity index (χ0v) is 20.5. The Morgan fingerprint density at radius 1 is 0.914 bits per heavy atom. The molecule has 3 aliphatic rings. The summed E-state index contributed by atoms with van der Waals surface area (Å²) in [6.45, 7) is 5.79. The average Bonchev–Trinajstić information content (AvgIpc) is 3.11. The summed E-state index contributed by atoms with van der Waals surface area (Å²) in [6.07, 6.45) is 7.36. The third-order valence-corrected chi connectivity index (χ3v) is 7.24. The molecule has 0 spiro atoms. The predicted molar refractivity (Wildman–Crippen MR) is 136 cm³/mol. The van der Waals surface area contributed by atoms with Crippen LogP contribution >= 0.6 is 0 Å². The van der Waals surface area contributed by atoms with Crippen LogP contribution in [0.15, 0.2) is 67.0 Å². The van der Waals surface area contributed by atoms with Crippen molar-refractivity contribution < 1.29 is 14.3 Å². The lowest BCUT2D eigenvalue weighted by Crippen LogP contribution is -2.53. The molecule has 1 amide bonds. The van der Waals surface area contributed by atoms with Gasteiger partial charge in [0.15, 0.2) is 11.5 Å². The van der Waals surface area contributed by atoms with E-state index in [1.807, 2.05) is 50.1 Å². The Labute approximate surface area is 206 Å². The highest BCUT2D eigenvalue weighted by atomic mass is 16.6. The predicted octanol–water partition coefficient (Wildman–Crippen LogP) is 6.92. The molecule has 2 aromatic carbocycles. The first-order chi connectivity index (χ1) is 16.9. The monoisotopic (exact) mass is 469 g/mol. The Morgan fingerprint density at radius 2 is 1.66 bits per heavy atom. The van der Waals surface area contributed by atoms with Crippen LogP contribution in [0.3, 0.4) is 0 Å². The number of para-hydroxylation sites is 2. The fourth-order valence-corrected chi connectivity index (χ4v) is 5.86. The molecule has 0 radical (unpaired) electrons. The number of nitrogens with zero attached hydrogens (tertiary/aromatic N) is 3. The van der Waals surface area contributed by atoms with E-state index in [-0.39, 0.29) is 24.2 Å². The molecule has 3 aliphatic heterocycles. The molecule has 1 aromatic heterocycles. The molecule has 2 fully saturated rings. The first-order valence-corrected chi connectivity index (χ1v) is 12.5. The normalized spacial score (nSPS) is 22.8. The molecule has 2 bridgehead atoms. The van der Waals surface area contributed by atoms with Gasteiger partial charge in [-0.05, 0) is 82.3 Å². The molecule has 2 saturated heterocycles. The zero-order chi connectivity index (χ0) is 24.2. The topological polar surface area (TPSA) is 54.9 Å². The van der Waals surface area contributed by atoms with Gasteiger partial charge in [0.05, 0.1) is 11.4 Å². The molecule has 180 valence electrons. The van der Waals surface area contributed by atoms with Crippen LogP contribution in [0.1, 0.15) is 46.5 Å². The van der Waals surface area contributed by atoms with Gasteiger partial charge in [0.25, 0.3) is 0 Å². The number of benzene rings is 2. The van der Waals surface area contributed by atoms with Crippen molar-refractivity contribution in [2.45, 2.75) is 70.2 Å². The lowest BCUT2D eigenvalue weighted by atomic mass is 9.94. The number of hydrogen-bond donors (Lipinski definition) is 0. The van der Waals surface area contributed by atoms with E-state index in [1.165, 1.54) is 0 Å². The summed E-state index contributed by atoms with van der Waals surface area (Å²) < 4.78 is 12.2. The Hall–Kier alpha value is -3.54. The van der Waals surface area contributed by atoms with Crippen LogP contribution in [0, 0.1) is 0 Å². The van der Waals surface area contributed by atoms with E-state index in [2.05, 4.69) is 46.3 Å². The smallest absolute Gasteiger partial charge is 0.410 e. The number of fused-ring (bicyclic) bond motifs is 4. The molecule has 0 N–H and O–H groups in total. The zero-order valence-electron chi connectivity index (χ0n) is 20.5. The molecule has 0 saturated carbocycles. The number of aromatic nitrogens is 1. The molecule has 6 rings (SSSR count). The highest BCUT2D eigenvalue weighted by Gasteiger charge is 2.47. The Balaban J connectivity index is 1.33. The van der Waals surface area contributed by atoms with Gasteiger partial charge in [0.2, 0.25) is 0 Å². The SMILES string of the molecule is CC(C)(C)OC(=O)N1C2CCC1CC(N1c3ccccc3Oc3cc(-c4cccnc4)ccc31)C2. The van der Waals surface area contributed by atoms with Crippen LogP contribution in [0.25, 0.3) is 11.1 Å². The summed E-state index contributed by atoms with van der Waals surface area (Å²) in [4.78, 5) is 21.7. The summed E-state index contributed by atoms with van der Waals surface area (Å²) in [5.74, 6) is 1.72. The Kier molecular flexibility index (Phi) is 5.20. The van der Waals surface area contributed by atoms with Crippen LogP contribution in [-0.4, -0.2) is 39.7 Å². The van der Waals surface area contributed by atoms with E-state index in [0.29, 0.717) is 0 Å². The van der Waals surface area contributed by atoms with Crippen molar-refractivity contribution in [2.75, 3.05) is 4.90 Å². The number of hydrogen-bond acceptors (Lipinski definition) is 5. The second-order valence-corrected chi connectivity index (χ2v) is 10.8. The maximum absolute atomic E-state index is 13.0. The van der Waals surface area contributed by atoms with Crippen LogP contribution in [0.4, 0.5) is 16.2 Å². The van der Waals surface area contributed by atoms with Gasteiger partial charge in [-0.3, -0.25) is 4.98 Å². The summed E-state index contributed by atoms with van der Waals surface area (Å²) in [5, 5.41) is 0. The number of piperidine rings is 1. The number of anilines is 2. The van der Waals surface area contributed by atoms with Gasteiger partial charge in [0, 0.05) is 36.1 Å². The summed E-state index contributed by atoms with van der Waals surface area (Å²) in [5.41, 5.74) is 3.82. The van der Waals surface area contributed by atoms with E-state index >= 15 is 0 Å². The molecule has 2 unspecified atom stereocenters. The lowest BCUT2D eigenvalue weighted by molar-refractivity contribution is 0.00613. The van der Waals surface area contributed by atoms with Crippen LogP contribution in [-0.2, 0) is 4.74 Å². The minimum absolute atomic E-state index is 0.174. The number of carbonyl (C=O) groups excluding carboxylic acids is 1. The van der Waals surface area contributed by atoms with Crippen LogP contribution in [0.5, 0.6) is 11.5 Å². The molecular weight excluding hydrogens is 438 g/mol. The first kappa shape index (κ1) is 22.0. The summed E-state index contributed by atoms with van der Waals surface area (Å²) in [7, 11) is 0. The molecule has 3 aromatic rings. The van der Waals surface area contributed by atoms with Crippen molar-refractivity contribution in [2.24, 2.45) is 0 Å². The minimum atomic E-state index is -0.485. The van der Waals surface area contributed by atoms with Gasteiger partial charge < -0.3 is 19.3 Å². The molecule has 0 aliphatic carbocycles. The molecule has 4 heterocycles. The minimum Gasteiger partial charge on any atom is -0.453 e. The third kappa shape index (κ3) is 4.01. The first-order valence-electron chi connectivity index (χ1n) is 12.5. The molecule has 35 heavy (non-hydrogen) atoms. The van der Waals surface area contributed by atoms with Gasteiger partial charge >= 0.3 is 6.09 Å². The summed E-state index contributed by atoms with van der Waals surface area (Å²) >= 11 is 0. The number of rotatable bonds is 2. The third-order valence-electron chi connectivity index (χ3n) is 7.24. The van der Waals surface area contributed by atoms with Gasteiger partial charge in [-0.15, -0.1) is 0 Å². The molecule has 6 heteroatoms. The van der Waals surface area contributed by atoms with Gasteiger partial charge in [-0.2, -0.15) is 0 Å². The standard InChI is InChI=1S/C29H31N3O3/c1-29(2,3)35-28(33)31-21-11-12-22(31)17-23(16-21)32-24-8-4-5-9-26(24)34-27-15-19(10-13-25(27)32)20-7-6-14-30-18-20/h4-10,13-15,18,21-23H,11-12,16-17H2,1-3H3. The van der Waals surface area contributed by atoms with Gasteiger partial charge in [-0.1, -0.05) is 24.3 Å².